The topological polar surface area (TPSA) is 79.9 Å². The molecule has 0 aliphatic rings. The Labute approximate surface area is 177 Å². The van der Waals surface area contributed by atoms with Gasteiger partial charge in [0.1, 0.15) is 5.70 Å². The molecule has 0 aliphatic heterocycles. The normalized spacial score (nSPS) is 10.9. The molecule has 2 aromatic carbocycles. The number of hydrogen-bond acceptors (Lipinski definition) is 5. The zero-order valence-electron chi connectivity index (χ0n) is 18.1. The minimum Gasteiger partial charge on any atom is -0.493 e. The van der Waals surface area contributed by atoms with Crippen LogP contribution in [-0.4, -0.2) is 39.1 Å². The molecule has 0 aromatic heterocycles. The molecule has 0 radical (unpaired) electrons. The Morgan fingerprint density at radius 3 is 2.13 bits per heavy atom. The fourth-order valence-electron chi connectivity index (χ4n) is 3.00. The Bertz CT molecular complexity index is 903. The Balaban J connectivity index is 2.25. The second-order valence-electron chi connectivity index (χ2n) is 6.53. The number of amides is 2. The van der Waals surface area contributed by atoms with Gasteiger partial charge in [-0.15, -0.1) is 0 Å². The molecule has 160 valence electrons. The van der Waals surface area contributed by atoms with E-state index >= 15 is 0 Å². The number of nitrogens with one attached hydrogen (secondary N) is 2. The first-order valence-corrected chi connectivity index (χ1v) is 9.79. The minimum atomic E-state index is -0.421. The molecule has 0 saturated heterocycles. The van der Waals surface area contributed by atoms with E-state index in [0.29, 0.717) is 22.7 Å². The van der Waals surface area contributed by atoms with E-state index in [9.17, 15) is 9.59 Å². The summed E-state index contributed by atoms with van der Waals surface area (Å²) in [6.45, 7) is 7.36. The highest BCUT2D eigenvalue weighted by atomic mass is 16.5. The zero-order valence-corrected chi connectivity index (χ0v) is 18.1. The Kier molecular flexibility index (Phi) is 8.29. The summed E-state index contributed by atoms with van der Waals surface area (Å²) in [6, 6.07) is 12.8. The molecule has 0 atom stereocenters. The number of methoxy groups -OCH3 is 2. The van der Waals surface area contributed by atoms with Gasteiger partial charge >= 0.3 is 0 Å². The molecule has 2 amide bonds. The van der Waals surface area contributed by atoms with Crippen molar-refractivity contribution in [2.45, 2.75) is 20.8 Å². The first-order chi connectivity index (χ1) is 14.4. The largest absolute Gasteiger partial charge is 0.493 e. The van der Waals surface area contributed by atoms with Gasteiger partial charge in [-0.3, -0.25) is 9.59 Å². The van der Waals surface area contributed by atoms with Crippen LogP contribution in [0.4, 0.5) is 11.4 Å². The van der Waals surface area contributed by atoms with E-state index in [-0.39, 0.29) is 11.6 Å². The fraction of sp³-hybridized carbons (Fsp3) is 0.304. The van der Waals surface area contributed by atoms with Crippen LogP contribution < -0.4 is 25.0 Å². The molecule has 7 heteroatoms. The number of carbonyl (C=O) groups is 2. The smallest absolute Gasteiger partial charge is 0.272 e. The van der Waals surface area contributed by atoms with Crippen molar-refractivity contribution in [3.05, 3.63) is 53.7 Å². The second-order valence-corrected chi connectivity index (χ2v) is 6.53. The van der Waals surface area contributed by atoms with Gasteiger partial charge in [0.25, 0.3) is 5.91 Å². The van der Waals surface area contributed by atoms with E-state index in [1.54, 1.807) is 31.4 Å². The quantitative estimate of drug-likeness (QED) is 0.616. The van der Waals surface area contributed by atoms with E-state index < -0.39 is 5.91 Å². The molecule has 0 fully saturated rings. The van der Waals surface area contributed by atoms with E-state index in [1.165, 1.54) is 14.0 Å². The molecule has 2 N–H and O–H groups in total. The summed E-state index contributed by atoms with van der Waals surface area (Å²) < 4.78 is 10.5. The predicted molar refractivity (Wildman–Crippen MR) is 120 cm³/mol. The highest BCUT2D eigenvalue weighted by Crippen LogP contribution is 2.28. The molecule has 0 saturated carbocycles. The maximum Gasteiger partial charge on any atom is 0.272 e. The summed E-state index contributed by atoms with van der Waals surface area (Å²) in [5.74, 6) is 0.346. The molecule has 2 rings (SSSR count). The first-order valence-electron chi connectivity index (χ1n) is 9.79. The maximum absolute atomic E-state index is 12.8. The van der Waals surface area contributed by atoms with Crippen LogP contribution in [0.5, 0.6) is 11.5 Å². The highest BCUT2D eigenvalue weighted by Gasteiger charge is 2.13. The van der Waals surface area contributed by atoms with Gasteiger partial charge in [-0.25, -0.2) is 0 Å². The number of ether oxygens (including phenoxy) is 2. The van der Waals surface area contributed by atoms with Gasteiger partial charge < -0.3 is 25.0 Å². The lowest BCUT2D eigenvalue weighted by atomic mass is 10.1. The van der Waals surface area contributed by atoms with Gasteiger partial charge in [-0.05, 0) is 61.9 Å². The van der Waals surface area contributed by atoms with Crippen molar-refractivity contribution < 1.29 is 19.1 Å². The Morgan fingerprint density at radius 1 is 0.967 bits per heavy atom. The standard InChI is InChI=1S/C23H29N3O4/c1-6-26(7-2)19-11-9-18(10-12-19)25-23(28)20(24-16(3)27)14-17-8-13-21(29-4)22(15-17)30-5/h8-15H,6-7H2,1-5H3,(H,24,27)(H,25,28)/b20-14+. The van der Waals surface area contributed by atoms with Crippen molar-refractivity contribution in [2.75, 3.05) is 37.5 Å². The maximum atomic E-state index is 12.8. The third-order valence-electron chi connectivity index (χ3n) is 4.53. The van der Waals surface area contributed by atoms with Crippen molar-refractivity contribution in [3.63, 3.8) is 0 Å². The van der Waals surface area contributed by atoms with Crippen LogP contribution in [0.25, 0.3) is 6.08 Å². The van der Waals surface area contributed by atoms with Gasteiger partial charge in [0.15, 0.2) is 11.5 Å². The SMILES string of the molecule is CCN(CC)c1ccc(NC(=O)/C(=C\c2ccc(OC)c(OC)c2)NC(C)=O)cc1. The van der Waals surface area contributed by atoms with Crippen LogP contribution >= 0.6 is 0 Å². The van der Waals surface area contributed by atoms with Crippen LogP contribution in [0.1, 0.15) is 26.3 Å². The van der Waals surface area contributed by atoms with Gasteiger partial charge in [0.05, 0.1) is 14.2 Å². The molecular weight excluding hydrogens is 382 g/mol. The van der Waals surface area contributed by atoms with Gasteiger partial charge in [-0.1, -0.05) is 6.07 Å². The number of carbonyl (C=O) groups excluding carboxylic acids is 2. The zero-order chi connectivity index (χ0) is 22.1. The number of benzene rings is 2. The summed E-state index contributed by atoms with van der Waals surface area (Å²) >= 11 is 0. The van der Waals surface area contributed by atoms with Gasteiger partial charge in [0.2, 0.25) is 5.91 Å². The second kappa shape index (κ2) is 10.9. The lowest BCUT2D eigenvalue weighted by molar-refractivity contribution is -0.120. The van der Waals surface area contributed by atoms with Crippen molar-refractivity contribution in [1.82, 2.24) is 5.32 Å². The average molecular weight is 412 g/mol. The van der Waals surface area contributed by atoms with Crippen molar-refractivity contribution in [2.24, 2.45) is 0 Å². The van der Waals surface area contributed by atoms with Crippen LogP contribution in [0.15, 0.2) is 48.2 Å². The fourth-order valence-corrected chi connectivity index (χ4v) is 3.00. The number of hydrogen-bond donors (Lipinski definition) is 2. The van der Waals surface area contributed by atoms with E-state index in [0.717, 1.165) is 18.8 Å². The van der Waals surface area contributed by atoms with Crippen LogP contribution in [0.2, 0.25) is 0 Å². The molecule has 30 heavy (non-hydrogen) atoms. The highest BCUT2D eigenvalue weighted by molar-refractivity contribution is 6.08. The van der Waals surface area contributed by atoms with Crippen molar-refractivity contribution in [1.29, 1.82) is 0 Å². The predicted octanol–water partition coefficient (Wildman–Crippen LogP) is 3.67. The molecular formula is C23H29N3O4. The Morgan fingerprint density at radius 2 is 1.60 bits per heavy atom. The van der Waals surface area contributed by atoms with Crippen LogP contribution in [0, 0.1) is 0 Å². The number of rotatable bonds is 9. The molecule has 2 aromatic rings. The number of nitrogens with zero attached hydrogens (tertiary/aromatic N) is 1. The third kappa shape index (κ3) is 6.01. The molecule has 0 spiro atoms. The summed E-state index contributed by atoms with van der Waals surface area (Å²) in [5, 5.41) is 5.42. The molecule has 0 bridgehead atoms. The molecule has 0 aliphatic carbocycles. The summed E-state index contributed by atoms with van der Waals surface area (Å²) in [4.78, 5) is 26.6. The molecule has 0 unspecified atom stereocenters. The van der Waals surface area contributed by atoms with Crippen molar-refractivity contribution in [3.8, 4) is 11.5 Å². The Hall–Kier alpha value is -3.48. The lowest BCUT2D eigenvalue weighted by Crippen LogP contribution is -2.29. The summed E-state index contributed by atoms with van der Waals surface area (Å²) in [7, 11) is 3.09. The lowest BCUT2D eigenvalue weighted by Gasteiger charge is -2.21. The van der Waals surface area contributed by atoms with E-state index in [2.05, 4.69) is 29.4 Å². The minimum absolute atomic E-state index is 0.127. The van der Waals surface area contributed by atoms with E-state index in [1.807, 2.05) is 24.3 Å². The summed E-state index contributed by atoms with van der Waals surface area (Å²) in [6.07, 6.45) is 1.59. The average Bonchev–Trinajstić information content (AvgIpc) is 2.74. The van der Waals surface area contributed by atoms with Crippen LogP contribution in [-0.2, 0) is 9.59 Å². The van der Waals surface area contributed by atoms with Crippen molar-refractivity contribution >= 4 is 29.3 Å². The third-order valence-corrected chi connectivity index (χ3v) is 4.53. The number of anilines is 2. The van der Waals surface area contributed by atoms with Crippen LogP contribution in [0.3, 0.4) is 0 Å². The van der Waals surface area contributed by atoms with E-state index in [4.69, 9.17) is 9.47 Å². The first kappa shape index (κ1) is 22.8. The summed E-state index contributed by atoms with van der Waals surface area (Å²) in [5.41, 5.74) is 2.53. The molecule has 0 heterocycles. The van der Waals surface area contributed by atoms with Gasteiger partial charge in [-0.2, -0.15) is 0 Å². The monoisotopic (exact) mass is 411 g/mol. The van der Waals surface area contributed by atoms with Gasteiger partial charge in [0, 0.05) is 31.4 Å². The molecule has 7 nitrogen and oxygen atoms in total.